The number of alkyl halides is 3. The van der Waals surface area contributed by atoms with Gasteiger partial charge in [-0.25, -0.2) is 14.3 Å². The molecule has 1 saturated carbocycles. The minimum Gasteiger partial charge on any atom is -0.444 e. The van der Waals surface area contributed by atoms with Crippen molar-refractivity contribution in [2.45, 2.75) is 58.2 Å². The number of carbonyl (C=O) groups excluding carboxylic acids is 1. The predicted octanol–water partition coefficient (Wildman–Crippen LogP) is 6.25. The van der Waals surface area contributed by atoms with E-state index in [0.29, 0.717) is 34.1 Å². The molecule has 2 aliphatic rings. The van der Waals surface area contributed by atoms with Crippen molar-refractivity contribution in [2.75, 3.05) is 25.0 Å². The summed E-state index contributed by atoms with van der Waals surface area (Å²) in [4.78, 5) is 18.4. The zero-order valence-corrected chi connectivity index (χ0v) is 21.3. The third kappa shape index (κ3) is 5.52. The molecule has 2 fully saturated rings. The molecule has 0 unspecified atom stereocenters. The summed E-state index contributed by atoms with van der Waals surface area (Å²) in [5.74, 6) is 1.16. The van der Waals surface area contributed by atoms with Crippen LogP contribution < -0.4 is 5.32 Å². The van der Waals surface area contributed by atoms with Gasteiger partial charge in [-0.2, -0.15) is 13.2 Å². The van der Waals surface area contributed by atoms with Crippen molar-refractivity contribution in [3.63, 3.8) is 0 Å². The van der Waals surface area contributed by atoms with Crippen LogP contribution in [0.5, 0.6) is 0 Å². The lowest BCUT2D eigenvalue weighted by Gasteiger charge is -2.52. The Morgan fingerprint density at radius 3 is 2.54 bits per heavy atom. The number of nitrogens with one attached hydrogen (secondary N) is 1. The van der Waals surface area contributed by atoms with Gasteiger partial charge < -0.3 is 15.0 Å². The number of hydrogen-bond acceptors (Lipinski definition) is 5. The fourth-order valence-electron chi connectivity index (χ4n) is 5.48. The highest BCUT2D eigenvalue weighted by Gasteiger charge is 2.46. The maximum Gasteiger partial charge on any atom is 0.416 e. The number of hydrogen-bond donors (Lipinski definition) is 1. The largest absolute Gasteiger partial charge is 0.444 e. The van der Waals surface area contributed by atoms with E-state index >= 15 is 0 Å². The molecule has 1 N–H and O–H groups in total. The van der Waals surface area contributed by atoms with Crippen molar-refractivity contribution in [2.24, 2.45) is 11.3 Å². The fraction of sp³-hybridized carbons (Fsp3) is 0.519. The van der Waals surface area contributed by atoms with Crippen LogP contribution in [-0.4, -0.2) is 50.8 Å². The van der Waals surface area contributed by atoms with Gasteiger partial charge in [0.2, 0.25) is 0 Å². The molecule has 2 aromatic heterocycles. The first-order valence-corrected chi connectivity index (χ1v) is 12.7. The molecule has 37 heavy (non-hydrogen) atoms. The van der Waals surface area contributed by atoms with Crippen LogP contribution in [0.4, 0.5) is 23.8 Å². The van der Waals surface area contributed by atoms with E-state index in [1.807, 2.05) is 31.7 Å². The first-order chi connectivity index (χ1) is 17.4. The highest BCUT2D eigenvalue weighted by molar-refractivity contribution is 5.68. The smallest absolute Gasteiger partial charge is 0.416 e. The molecule has 3 aromatic rings. The van der Waals surface area contributed by atoms with Gasteiger partial charge in [0.15, 0.2) is 5.65 Å². The Bertz CT molecular complexity index is 1280. The molecule has 1 aliphatic heterocycles. The van der Waals surface area contributed by atoms with Crippen molar-refractivity contribution in [1.82, 2.24) is 19.5 Å². The van der Waals surface area contributed by atoms with Crippen molar-refractivity contribution in [1.29, 1.82) is 0 Å². The van der Waals surface area contributed by atoms with E-state index in [-0.39, 0.29) is 6.09 Å². The highest BCUT2D eigenvalue weighted by atomic mass is 19.4. The quantitative estimate of drug-likeness (QED) is 0.445. The Labute approximate surface area is 214 Å². The normalized spacial score (nSPS) is 18.2. The maximum atomic E-state index is 13.2. The molecule has 198 valence electrons. The van der Waals surface area contributed by atoms with Crippen LogP contribution in [0.15, 0.2) is 42.6 Å². The number of carbonyl (C=O) groups is 1. The topological polar surface area (TPSA) is 71.8 Å². The van der Waals surface area contributed by atoms with Crippen LogP contribution in [0.2, 0.25) is 0 Å². The fourth-order valence-corrected chi connectivity index (χ4v) is 5.48. The Morgan fingerprint density at radius 2 is 1.86 bits per heavy atom. The standard InChI is InChI=1S/C27H32F3N5O2/c1-25(2,3)37-24(36)34-11-9-26(10-12-34)14-18(15-26)16-31-22-7-8-23-32-17-21(35(23)33-22)19-5-4-6-20(13-19)27(28,29)30/h4-8,13,17-18H,9-12,14-16H2,1-3H3,(H,31,33). The van der Waals surface area contributed by atoms with E-state index in [0.717, 1.165) is 57.5 Å². The van der Waals surface area contributed by atoms with Gasteiger partial charge in [-0.15, -0.1) is 5.10 Å². The van der Waals surface area contributed by atoms with Crippen molar-refractivity contribution >= 4 is 17.6 Å². The number of imidazole rings is 1. The second-order valence-electron chi connectivity index (χ2n) is 11.3. The number of aromatic nitrogens is 3. The molecule has 5 rings (SSSR count). The number of nitrogens with zero attached hydrogens (tertiary/aromatic N) is 4. The first kappa shape index (κ1) is 25.4. The van der Waals surface area contributed by atoms with Gasteiger partial charge in [0, 0.05) is 25.2 Å². The Kier molecular flexibility index (Phi) is 6.32. The lowest BCUT2D eigenvalue weighted by molar-refractivity contribution is -0.137. The van der Waals surface area contributed by atoms with Gasteiger partial charge in [-0.1, -0.05) is 12.1 Å². The number of likely N-dealkylation sites (tertiary alicyclic amines) is 1. The number of amides is 1. The molecule has 10 heteroatoms. The predicted molar refractivity (Wildman–Crippen MR) is 134 cm³/mol. The lowest BCUT2D eigenvalue weighted by Crippen LogP contribution is -2.50. The zero-order chi connectivity index (χ0) is 26.4. The summed E-state index contributed by atoms with van der Waals surface area (Å²) >= 11 is 0. The number of anilines is 1. The minimum atomic E-state index is -4.41. The summed E-state index contributed by atoms with van der Waals surface area (Å²) in [5, 5.41) is 7.99. The Morgan fingerprint density at radius 1 is 1.14 bits per heavy atom. The molecule has 7 nitrogen and oxygen atoms in total. The average molecular weight is 516 g/mol. The van der Waals surface area contributed by atoms with Crippen molar-refractivity contribution in [3.8, 4) is 11.3 Å². The van der Waals surface area contributed by atoms with Gasteiger partial charge in [0.25, 0.3) is 0 Å². The lowest BCUT2D eigenvalue weighted by atomic mass is 9.57. The average Bonchev–Trinajstić information content (AvgIpc) is 3.23. The number of ether oxygens (including phenoxy) is 1. The number of fused-ring (bicyclic) bond motifs is 1. The molecule has 0 radical (unpaired) electrons. The van der Waals surface area contributed by atoms with Crippen molar-refractivity contribution in [3.05, 3.63) is 48.2 Å². The van der Waals surface area contributed by atoms with Crippen LogP contribution in [-0.2, 0) is 10.9 Å². The highest BCUT2D eigenvalue weighted by Crippen LogP contribution is 2.52. The van der Waals surface area contributed by atoms with E-state index in [9.17, 15) is 18.0 Å². The van der Waals surface area contributed by atoms with Crippen LogP contribution in [0, 0.1) is 11.3 Å². The van der Waals surface area contributed by atoms with Gasteiger partial charge >= 0.3 is 12.3 Å². The van der Waals surface area contributed by atoms with E-state index in [4.69, 9.17) is 4.74 Å². The molecule has 1 amide bonds. The third-order valence-corrected chi connectivity index (χ3v) is 7.34. The van der Waals surface area contributed by atoms with Crippen LogP contribution in [0.1, 0.15) is 52.0 Å². The van der Waals surface area contributed by atoms with Gasteiger partial charge in [0.05, 0.1) is 17.5 Å². The van der Waals surface area contributed by atoms with Crippen LogP contribution in [0.3, 0.4) is 0 Å². The summed E-state index contributed by atoms with van der Waals surface area (Å²) in [6, 6.07) is 8.84. The van der Waals surface area contributed by atoms with E-state index in [2.05, 4.69) is 15.4 Å². The molecule has 1 saturated heterocycles. The van der Waals surface area contributed by atoms with E-state index in [1.54, 1.807) is 22.8 Å². The maximum absolute atomic E-state index is 13.2. The first-order valence-electron chi connectivity index (χ1n) is 12.7. The van der Waals surface area contributed by atoms with Crippen LogP contribution >= 0.6 is 0 Å². The van der Waals surface area contributed by atoms with E-state index < -0.39 is 17.3 Å². The van der Waals surface area contributed by atoms with Gasteiger partial charge in [0.1, 0.15) is 11.4 Å². The molecule has 1 aliphatic carbocycles. The number of rotatable bonds is 4. The summed E-state index contributed by atoms with van der Waals surface area (Å²) in [7, 11) is 0. The Hall–Kier alpha value is -3.30. The molecule has 1 aromatic carbocycles. The summed E-state index contributed by atoms with van der Waals surface area (Å²) < 4.78 is 46.6. The molecule has 3 heterocycles. The minimum absolute atomic E-state index is 0.231. The van der Waals surface area contributed by atoms with Crippen molar-refractivity contribution < 1.29 is 22.7 Å². The van der Waals surface area contributed by atoms with Gasteiger partial charge in [-0.05, 0) is 82.1 Å². The number of benzene rings is 1. The molecular formula is C27H32F3N5O2. The summed E-state index contributed by atoms with van der Waals surface area (Å²) in [5.41, 5.74) is 0.585. The molecule has 1 spiro atoms. The molecule has 0 atom stereocenters. The second-order valence-corrected chi connectivity index (χ2v) is 11.3. The Balaban J connectivity index is 1.18. The number of piperidine rings is 1. The summed E-state index contributed by atoms with van der Waals surface area (Å²) in [6.07, 6.45) is 1.08. The third-order valence-electron chi connectivity index (χ3n) is 7.34. The zero-order valence-electron chi connectivity index (χ0n) is 21.3. The van der Waals surface area contributed by atoms with Crippen LogP contribution in [0.25, 0.3) is 16.9 Å². The molecular weight excluding hydrogens is 483 g/mol. The van der Waals surface area contributed by atoms with Gasteiger partial charge in [-0.3, -0.25) is 0 Å². The van der Waals surface area contributed by atoms with E-state index in [1.165, 1.54) is 6.07 Å². The monoisotopic (exact) mass is 515 g/mol. The second kappa shape index (κ2) is 9.22. The SMILES string of the molecule is CC(C)(C)OC(=O)N1CCC2(CC1)CC(CNc1ccc3ncc(-c4cccc(C(F)(F)F)c4)n3n1)C2. The molecule has 0 bridgehead atoms. The summed E-state index contributed by atoms with van der Waals surface area (Å²) in [6.45, 7) is 7.87. The number of halogens is 3.